The first-order valence-corrected chi connectivity index (χ1v) is 6.85. The molecule has 0 spiro atoms. The van der Waals surface area contributed by atoms with Crippen molar-refractivity contribution in [2.45, 2.75) is 0 Å². The van der Waals surface area contributed by atoms with E-state index in [-0.39, 0.29) is 0 Å². The zero-order valence-corrected chi connectivity index (χ0v) is 12.2. The highest BCUT2D eigenvalue weighted by Crippen LogP contribution is 2.37. The van der Waals surface area contributed by atoms with Crippen LogP contribution in [0.25, 0.3) is 10.8 Å². The molecule has 0 radical (unpaired) electrons. The second-order valence-electron chi connectivity index (χ2n) is 4.60. The van der Waals surface area contributed by atoms with Crippen molar-refractivity contribution in [1.29, 1.82) is 0 Å². The Bertz CT molecular complexity index is 802. The van der Waals surface area contributed by atoms with Gasteiger partial charge in [0.25, 0.3) is 0 Å². The molecule has 0 aromatic heterocycles. The van der Waals surface area contributed by atoms with Crippen LogP contribution in [0, 0.1) is 0 Å². The number of anilines is 1. The lowest BCUT2D eigenvalue weighted by atomic mass is 10.1. The minimum atomic E-state index is 0.481. The Morgan fingerprint density at radius 1 is 0.857 bits per heavy atom. The van der Waals surface area contributed by atoms with Crippen LogP contribution in [-0.2, 0) is 0 Å². The SMILES string of the molecule is COc1ccc(Oc2ccc(N)cc2Cl)c2ccccc12. The van der Waals surface area contributed by atoms with Gasteiger partial charge in [0.1, 0.15) is 17.2 Å². The minimum absolute atomic E-state index is 0.481. The predicted octanol–water partition coefficient (Wildman–Crippen LogP) is 4.88. The second kappa shape index (κ2) is 5.54. The average molecular weight is 300 g/mol. The number of hydrogen-bond acceptors (Lipinski definition) is 3. The number of nitrogens with two attached hydrogens (primary N) is 1. The molecule has 0 bridgehead atoms. The van der Waals surface area contributed by atoms with Gasteiger partial charge < -0.3 is 15.2 Å². The van der Waals surface area contributed by atoms with Crippen LogP contribution in [0.3, 0.4) is 0 Å². The number of ether oxygens (including phenoxy) is 2. The monoisotopic (exact) mass is 299 g/mol. The van der Waals surface area contributed by atoms with Gasteiger partial charge in [-0.1, -0.05) is 35.9 Å². The van der Waals surface area contributed by atoms with E-state index >= 15 is 0 Å². The van der Waals surface area contributed by atoms with Crippen molar-refractivity contribution in [2.24, 2.45) is 0 Å². The summed E-state index contributed by atoms with van der Waals surface area (Å²) < 4.78 is 11.3. The molecule has 3 nitrogen and oxygen atoms in total. The van der Waals surface area contributed by atoms with Gasteiger partial charge in [-0.15, -0.1) is 0 Å². The molecule has 21 heavy (non-hydrogen) atoms. The smallest absolute Gasteiger partial charge is 0.146 e. The van der Waals surface area contributed by atoms with Crippen molar-refractivity contribution in [3.63, 3.8) is 0 Å². The number of fused-ring (bicyclic) bond motifs is 1. The molecule has 4 heteroatoms. The fourth-order valence-electron chi connectivity index (χ4n) is 2.23. The van der Waals surface area contributed by atoms with Gasteiger partial charge in [0.2, 0.25) is 0 Å². The van der Waals surface area contributed by atoms with Gasteiger partial charge in [-0.05, 0) is 30.3 Å². The average Bonchev–Trinajstić information content (AvgIpc) is 2.50. The Kier molecular flexibility index (Phi) is 3.59. The maximum atomic E-state index is 6.16. The highest BCUT2D eigenvalue weighted by molar-refractivity contribution is 6.32. The molecular formula is C17H14ClNO2. The molecule has 0 saturated carbocycles. The van der Waals surface area contributed by atoms with Crippen LogP contribution in [0.4, 0.5) is 5.69 Å². The first-order chi connectivity index (χ1) is 10.2. The fourth-order valence-corrected chi connectivity index (χ4v) is 2.46. The van der Waals surface area contributed by atoms with Crippen molar-refractivity contribution in [1.82, 2.24) is 0 Å². The summed E-state index contributed by atoms with van der Waals surface area (Å²) in [6.07, 6.45) is 0. The lowest BCUT2D eigenvalue weighted by molar-refractivity contribution is 0.418. The molecule has 0 unspecified atom stereocenters. The zero-order valence-electron chi connectivity index (χ0n) is 11.5. The molecule has 0 aliphatic rings. The summed E-state index contributed by atoms with van der Waals surface area (Å²) >= 11 is 6.16. The quantitative estimate of drug-likeness (QED) is 0.701. The Balaban J connectivity index is 2.09. The molecule has 0 heterocycles. The molecule has 0 aliphatic carbocycles. The Morgan fingerprint density at radius 3 is 2.14 bits per heavy atom. The van der Waals surface area contributed by atoms with Crippen LogP contribution in [0.2, 0.25) is 5.02 Å². The molecule has 0 amide bonds. The number of nitrogen functional groups attached to an aromatic ring is 1. The summed E-state index contributed by atoms with van der Waals surface area (Å²) in [6.45, 7) is 0. The molecule has 3 aromatic carbocycles. The third-order valence-corrected chi connectivity index (χ3v) is 3.54. The largest absolute Gasteiger partial charge is 0.496 e. The number of halogens is 1. The Labute approximate surface area is 127 Å². The maximum Gasteiger partial charge on any atom is 0.146 e. The molecule has 0 fully saturated rings. The van der Waals surface area contributed by atoms with E-state index in [9.17, 15) is 0 Å². The molecule has 0 aliphatic heterocycles. The van der Waals surface area contributed by atoms with Gasteiger partial charge in [0.05, 0.1) is 12.1 Å². The summed E-state index contributed by atoms with van der Waals surface area (Å²) in [5.74, 6) is 2.10. The van der Waals surface area contributed by atoms with Gasteiger partial charge in [0, 0.05) is 16.5 Å². The number of benzene rings is 3. The van der Waals surface area contributed by atoms with E-state index in [4.69, 9.17) is 26.8 Å². The van der Waals surface area contributed by atoms with Crippen LogP contribution in [0.15, 0.2) is 54.6 Å². The Morgan fingerprint density at radius 2 is 1.48 bits per heavy atom. The van der Waals surface area contributed by atoms with Crippen LogP contribution >= 0.6 is 11.6 Å². The summed E-state index contributed by atoms with van der Waals surface area (Å²) in [6, 6.07) is 16.8. The molecule has 0 saturated heterocycles. The minimum Gasteiger partial charge on any atom is -0.496 e. The van der Waals surface area contributed by atoms with Gasteiger partial charge in [-0.3, -0.25) is 0 Å². The van der Waals surface area contributed by atoms with Crippen LogP contribution in [0.5, 0.6) is 17.2 Å². The van der Waals surface area contributed by atoms with E-state index in [1.54, 1.807) is 25.3 Å². The van der Waals surface area contributed by atoms with Gasteiger partial charge >= 0.3 is 0 Å². The summed E-state index contributed by atoms with van der Waals surface area (Å²) in [4.78, 5) is 0. The molecule has 2 N–H and O–H groups in total. The maximum absolute atomic E-state index is 6.16. The molecule has 3 rings (SSSR count). The van der Waals surface area contributed by atoms with Gasteiger partial charge in [-0.25, -0.2) is 0 Å². The summed E-state index contributed by atoms with van der Waals surface area (Å²) in [5.41, 5.74) is 6.30. The second-order valence-corrected chi connectivity index (χ2v) is 5.01. The Hall–Kier alpha value is -2.39. The van der Waals surface area contributed by atoms with Gasteiger partial charge in [-0.2, -0.15) is 0 Å². The van der Waals surface area contributed by atoms with Crippen molar-refractivity contribution < 1.29 is 9.47 Å². The predicted molar refractivity (Wildman–Crippen MR) is 86.4 cm³/mol. The van der Waals surface area contributed by atoms with E-state index in [1.165, 1.54) is 0 Å². The van der Waals surface area contributed by atoms with Crippen molar-refractivity contribution in [2.75, 3.05) is 12.8 Å². The van der Waals surface area contributed by atoms with E-state index in [2.05, 4.69) is 0 Å². The molecule has 0 atom stereocenters. The van der Waals surface area contributed by atoms with E-state index in [1.807, 2.05) is 36.4 Å². The highest BCUT2D eigenvalue weighted by Gasteiger charge is 2.09. The molecular weight excluding hydrogens is 286 g/mol. The fraction of sp³-hybridized carbons (Fsp3) is 0.0588. The normalized spacial score (nSPS) is 10.6. The number of hydrogen-bond donors (Lipinski definition) is 1. The molecule has 106 valence electrons. The zero-order chi connectivity index (χ0) is 14.8. The number of rotatable bonds is 3. The van der Waals surface area contributed by atoms with Crippen molar-refractivity contribution in [3.8, 4) is 17.2 Å². The van der Waals surface area contributed by atoms with Gasteiger partial charge in [0.15, 0.2) is 0 Å². The van der Waals surface area contributed by atoms with E-state index in [0.29, 0.717) is 16.5 Å². The van der Waals surface area contributed by atoms with Crippen LogP contribution in [-0.4, -0.2) is 7.11 Å². The lowest BCUT2D eigenvalue weighted by Crippen LogP contribution is -1.91. The first kappa shape index (κ1) is 13.6. The van der Waals surface area contributed by atoms with Crippen LogP contribution < -0.4 is 15.2 Å². The van der Waals surface area contributed by atoms with Crippen molar-refractivity contribution >= 4 is 28.1 Å². The third kappa shape index (κ3) is 2.60. The lowest BCUT2D eigenvalue weighted by Gasteiger charge is -2.12. The van der Waals surface area contributed by atoms with E-state index in [0.717, 1.165) is 22.3 Å². The van der Waals surface area contributed by atoms with Crippen molar-refractivity contribution in [3.05, 3.63) is 59.6 Å². The third-order valence-electron chi connectivity index (χ3n) is 3.24. The standard InChI is InChI=1S/C17H14ClNO2/c1-20-15-8-9-16(13-5-3-2-4-12(13)15)21-17-7-6-11(19)10-14(17)18/h2-10H,19H2,1H3. The summed E-state index contributed by atoms with van der Waals surface area (Å²) in [5, 5.41) is 2.43. The highest BCUT2D eigenvalue weighted by atomic mass is 35.5. The first-order valence-electron chi connectivity index (χ1n) is 6.47. The number of methoxy groups -OCH3 is 1. The molecule has 3 aromatic rings. The summed E-state index contributed by atoms with van der Waals surface area (Å²) in [7, 11) is 1.65. The van der Waals surface area contributed by atoms with Crippen LogP contribution in [0.1, 0.15) is 0 Å². The van der Waals surface area contributed by atoms with E-state index < -0.39 is 0 Å². The topological polar surface area (TPSA) is 44.5 Å².